The lowest BCUT2D eigenvalue weighted by Gasteiger charge is -2.21. The third kappa shape index (κ3) is 4.26. The van der Waals surface area contributed by atoms with Gasteiger partial charge in [0, 0.05) is 25.0 Å². The number of benzene rings is 1. The molecule has 0 unspecified atom stereocenters. The minimum Gasteiger partial charge on any atom is -0.341 e. The van der Waals surface area contributed by atoms with E-state index in [2.05, 4.69) is 0 Å². The van der Waals surface area contributed by atoms with Crippen LogP contribution in [0, 0.1) is 11.6 Å². The maximum atomic E-state index is 13.4. The van der Waals surface area contributed by atoms with Crippen molar-refractivity contribution >= 4 is 17.5 Å². The van der Waals surface area contributed by atoms with Crippen LogP contribution < -0.4 is 0 Å². The first-order valence-corrected chi connectivity index (χ1v) is 6.39. The van der Waals surface area contributed by atoms with Gasteiger partial charge in [-0.3, -0.25) is 4.79 Å². The van der Waals surface area contributed by atoms with Crippen LogP contribution in [0.1, 0.15) is 18.9 Å². The summed E-state index contributed by atoms with van der Waals surface area (Å²) in [6.45, 7) is 2.98. The first kappa shape index (κ1) is 14.9. The first-order valence-electron chi connectivity index (χ1n) is 5.86. The van der Waals surface area contributed by atoms with Crippen LogP contribution in [-0.2, 0) is 11.2 Å². The number of hydrogen-bond donors (Lipinski definition) is 0. The maximum absolute atomic E-state index is 13.4. The second-order valence-electron chi connectivity index (χ2n) is 3.98. The lowest BCUT2D eigenvalue weighted by molar-refractivity contribution is -0.130. The maximum Gasteiger partial charge on any atom is 0.227 e. The summed E-state index contributed by atoms with van der Waals surface area (Å²) in [6, 6.07) is 3.24. The Morgan fingerprint density at radius 2 is 2.06 bits per heavy atom. The van der Waals surface area contributed by atoms with Crippen LogP contribution >= 0.6 is 11.6 Å². The summed E-state index contributed by atoms with van der Waals surface area (Å²) < 4.78 is 26.1. The zero-order valence-electron chi connectivity index (χ0n) is 10.3. The van der Waals surface area contributed by atoms with Crippen molar-refractivity contribution < 1.29 is 13.6 Å². The summed E-state index contributed by atoms with van der Waals surface area (Å²) in [4.78, 5) is 13.5. The zero-order chi connectivity index (χ0) is 13.5. The Morgan fingerprint density at radius 1 is 1.33 bits per heavy atom. The predicted octanol–water partition coefficient (Wildman–Crippen LogP) is 2.98. The molecule has 100 valence electrons. The van der Waals surface area contributed by atoms with Crippen LogP contribution in [0.3, 0.4) is 0 Å². The number of rotatable bonds is 6. The lowest BCUT2D eigenvalue weighted by Crippen LogP contribution is -2.34. The van der Waals surface area contributed by atoms with Crippen LogP contribution in [0.25, 0.3) is 0 Å². The molecule has 2 nitrogen and oxygen atoms in total. The van der Waals surface area contributed by atoms with Gasteiger partial charge in [-0.2, -0.15) is 0 Å². The lowest BCUT2D eigenvalue weighted by atomic mass is 10.1. The van der Waals surface area contributed by atoms with E-state index in [4.69, 9.17) is 11.6 Å². The fraction of sp³-hybridized carbons (Fsp3) is 0.462. The monoisotopic (exact) mass is 275 g/mol. The highest BCUT2D eigenvalue weighted by atomic mass is 35.5. The van der Waals surface area contributed by atoms with Crippen molar-refractivity contribution in [3.63, 3.8) is 0 Å². The van der Waals surface area contributed by atoms with Crippen LogP contribution in [-0.4, -0.2) is 29.8 Å². The van der Waals surface area contributed by atoms with Gasteiger partial charge in [0.2, 0.25) is 5.91 Å². The summed E-state index contributed by atoms with van der Waals surface area (Å²) in [6.07, 6.45) is 0.748. The van der Waals surface area contributed by atoms with Crippen molar-refractivity contribution in [3.05, 3.63) is 35.4 Å². The van der Waals surface area contributed by atoms with Crippen LogP contribution in [0.2, 0.25) is 0 Å². The van der Waals surface area contributed by atoms with Gasteiger partial charge >= 0.3 is 0 Å². The Kier molecular flexibility index (Phi) is 6.05. The molecule has 0 bridgehead atoms. The van der Waals surface area contributed by atoms with Gasteiger partial charge in [-0.25, -0.2) is 8.78 Å². The molecule has 0 aliphatic carbocycles. The van der Waals surface area contributed by atoms with Gasteiger partial charge in [-0.05, 0) is 18.1 Å². The Hall–Kier alpha value is -1.16. The third-order valence-electron chi connectivity index (χ3n) is 2.56. The standard InChI is InChI=1S/C13H16ClF2NO/c1-2-6-17(7-5-14)13(18)8-10-3-4-11(15)9-12(10)16/h3-4,9H,2,5-8H2,1H3. The summed E-state index contributed by atoms with van der Waals surface area (Å²) in [5.74, 6) is -1.18. The highest BCUT2D eigenvalue weighted by Gasteiger charge is 2.15. The van der Waals surface area contributed by atoms with E-state index in [1.807, 2.05) is 6.92 Å². The summed E-state index contributed by atoms with van der Waals surface area (Å²) in [5.41, 5.74) is 0.206. The smallest absolute Gasteiger partial charge is 0.227 e. The minimum atomic E-state index is -0.689. The molecule has 0 aliphatic heterocycles. The van der Waals surface area contributed by atoms with Gasteiger partial charge in [-0.1, -0.05) is 13.0 Å². The van der Waals surface area contributed by atoms with Crippen molar-refractivity contribution in [3.8, 4) is 0 Å². The van der Waals surface area contributed by atoms with Gasteiger partial charge < -0.3 is 4.90 Å². The molecule has 1 amide bonds. The number of amides is 1. The number of carbonyl (C=O) groups is 1. The number of alkyl halides is 1. The SMILES string of the molecule is CCCN(CCCl)C(=O)Cc1ccc(F)cc1F. The molecule has 0 atom stereocenters. The fourth-order valence-electron chi connectivity index (χ4n) is 1.67. The Balaban J connectivity index is 2.72. The topological polar surface area (TPSA) is 20.3 Å². The van der Waals surface area contributed by atoms with Crippen molar-refractivity contribution in [1.29, 1.82) is 0 Å². The van der Waals surface area contributed by atoms with Gasteiger partial charge in [-0.15, -0.1) is 11.6 Å². The molecule has 0 N–H and O–H groups in total. The fourth-order valence-corrected chi connectivity index (χ4v) is 1.88. The molecule has 0 radical (unpaired) electrons. The van der Waals surface area contributed by atoms with E-state index >= 15 is 0 Å². The summed E-state index contributed by atoms with van der Waals surface area (Å²) in [7, 11) is 0. The molecule has 1 aromatic carbocycles. The number of nitrogens with zero attached hydrogens (tertiary/aromatic N) is 1. The number of carbonyl (C=O) groups excluding carboxylic acids is 1. The average molecular weight is 276 g/mol. The molecule has 1 aromatic rings. The van der Waals surface area contributed by atoms with Crippen molar-refractivity contribution in [1.82, 2.24) is 4.90 Å². The molecular weight excluding hydrogens is 260 g/mol. The molecule has 0 saturated carbocycles. The molecule has 0 fully saturated rings. The highest BCUT2D eigenvalue weighted by molar-refractivity contribution is 6.18. The second kappa shape index (κ2) is 7.31. The van der Waals surface area contributed by atoms with E-state index in [9.17, 15) is 13.6 Å². The average Bonchev–Trinajstić information content (AvgIpc) is 2.32. The van der Waals surface area contributed by atoms with E-state index in [-0.39, 0.29) is 17.9 Å². The van der Waals surface area contributed by atoms with Crippen molar-refractivity contribution in [2.45, 2.75) is 19.8 Å². The molecule has 5 heteroatoms. The van der Waals surface area contributed by atoms with Gasteiger partial charge in [0.15, 0.2) is 0 Å². The molecule has 18 heavy (non-hydrogen) atoms. The van der Waals surface area contributed by atoms with Crippen LogP contribution in [0.15, 0.2) is 18.2 Å². The molecule has 0 saturated heterocycles. The quantitative estimate of drug-likeness (QED) is 0.731. The summed E-state index contributed by atoms with van der Waals surface area (Å²) >= 11 is 5.61. The Labute approximate surface area is 111 Å². The predicted molar refractivity (Wildman–Crippen MR) is 67.7 cm³/mol. The van der Waals surface area contributed by atoms with Crippen molar-refractivity contribution in [2.24, 2.45) is 0 Å². The van der Waals surface area contributed by atoms with Crippen molar-refractivity contribution in [2.75, 3.05) is 19.0 Å². The van der Waals surface area contributed by atoms with Crippen LogP contribution in [0.5, 0.6) is 0 Å². The molecule has 1 rings (SSSR count). The molecular formula is C13H16ClF2NO. The third-order valence-corrected chi connectivity index (χ3v) is 2.73. The van der Waals surface area contributed by atoms with Gasteiger partial charge in [0.05, 0.1) is 6.42 Å². The normalized spacial score (nSPS) is 10.4. The first-order chi connectivity index (χ1) is 8.58. The Bertz CT molecular complexity index is 406. The molecule has 0 heterocycles. The van der Waals surface area contributed by atoms with Gasteiger partial charge in [0.25, 0.3) is 0 Å². The van der Waals surface area contributed by atoms with E-state index in [1.54, 1.807) is 4.90 Å². The zero-order valence-corrected chi connectivity index (χ0v) is 11.0. The highest BCUT2D eigenvalue weighted by Crippen LogP contribution is 2.11. The minimum absolute atomic E-state index is 0.0665. The van der Waals surface area contributed by atoms with E-state index in [1.165, 1.54) is 6.07 Å². The number of halogens is 3. The van der Waals surface area contributed by atoms with E-state index in [0.717, 1.165) is 18.6 Å². The van der Waals surface area contributed by atoms with Crippen LogP contribution in [0.4, 0.5) is 8.78 Å². The largest absolute Gasteiger partial charge is 0.341 e. The van der Waals surface area contributed by atoms with Gasteiger partial charge in [0.1, 0.15) is 11.6 Å². The van der Waals surface area contributed by atoms with E-state index in [0.29, 0.717) is 19.0 Å². The molecule has 0 aliphatic rings. The molecule has 0 spiro atoms. The summed E-state index contributed by atoms with van der Waals surface area (Å²) in [5, 5.41) is 0. The second-order valence-corrected chi connectivity index (χ2v) is 4.36. The Morgan fingerprint density at radius 3 is 2.61 bits per heavy atom. The molecule has 0 aromatic heterocycles. The number of hydrogen-bond acceptors (Lipinski definition) is 1. The van der Waals surface area contributed by atoms with E-state index < -0.39 is 11.6 Å².